The molecule has 2 heterocycles. The number of nitrogens with zero attached hydrogens (tertiary/aromatic N) is 2. The van der Waals surface area contributed by atoms with Gasteiger partial charge in [0.2, 0.25) is 0 Å². The molecule has 0 aliphatic carbocycles. The van der Waals surface area contributed by atoms with E-state index in [2.05, 4.69) is 5.10 Å². The first-order valence-corrected chi connectivity index (χ1v) is 9.56. The van der Waals surface area contributed by atoms with Crippen LogP contribution in [0.2, 0.25) is 0 Å². The molecule has 0 saturated heterocycles. The third-order valence-electron chi connectivity index (χ3n) is 4.68. The smallest absolute Gasteiger partial charge is 0.164 e. The molecular formula is C21H18F2N2O2S. The van der Waals surface area contributed by atoms with Gasteiger partial charge in [-0.1, -0.05) is 18.2 Å². The van der Waals surface area contributed by atoms with Gasteiger partial charge in [-0.3, -0.25) is 5.01 Å². The van der Waals surface area contributed by atoms with E-state index in [1.165, 1.54) is 12.1 Å². The average Bonchev–Trinajstić information content (AvgIpc) is 3.37. The molecule has 4 nitrogen and oxygen atoms in total. The Bertz CT molecular complexity index is 1020. The number of methoxy groups -OCH3 is 2. The molecule has 3 aromatic rings. The predicted molar refractivity (Wildman–Crippen MR) is 107 cm³/mol. The van der Waals surface area contributed by atoms with Gasteiger partial charge in [-0.05, 0) is 29.6 Å². The normalized spacial score (nSPS) is 16.2. The zero-order valence-corrected chi connectivity index (χ0v) is 16.2. The maximum atomic E-state index is 14.4. The molecule has 4 rings (SSSR count). The van der Waals surface area contributed by atoms with Gasteiger partial charge in [0.15, 0.2) is 17.3 Å². The van der Waals surface area contributed by atoms with Crippen LogP contribution in [0.4, 0.5) is 14.5 Å². The van der Waals surface area contributed by atoms with Gasteiger partial charge in [0, 0.05) is 11.6 Å². The highest BCUT2D eigenvalue weighted by Gasteiger charge is 2.34. The molecule has 0 saturated carbocycles. The van der Waals surface area contributed by atoms with Crippen molar-refractivity contribution in [3.63, 3.8) is 0 Å². The van der Waals surface area contributed by atoms with Gasteiger partial charge in [0.1, 0.15) is 5.82 Å². The maximum Gasteiger partial charge on any atom is 0.164 e. The molecule has 1 aliphatic rings. The first kappa shape index (κ1) is 18.4. The molecule has 0 amide bonds. The average molecular weight is 400 g/mol. The largest absolute Gasteiger partial charge is 0.493 e. The van der Waals surface area contributed by atoms with Crippen molar-refractivity contribution in [2.45, 2.75) is 5.92 Å². The van der Waals surface area contributed by atoms with Crippen LogP contribution in [0.5, 0.6) is 11.5 Å². The Kier molecular flexibility index (Phi) is 5.00. The van der Waals surface area contributed by atoms with Gasteiger partial charge in [-0.2, -0.15) is 5.10 Å². The number of hydrazone groups is 1. The summed E-state index contributed by atoms with van der Waals surface area (Å²) in [5, 5.41) is 8.23. The summed E-state index contributed by atoms with van der Waals surface area (Å²) < 4.78 is 38.7. The molecule has 2 aromatic carbocycles. The minimum atomic E-state index is -0.646. The Hall–Kier alpha value is -2.93. The first-order valence-electron chi connectivity index (χ1n) is 8.68. The summed E-state index contributed by atoms with van der Waals surface area (Å²) >= 11 is 1.56. The van der Waals surface area contributed by atoms with E-state index in [0.717, 1.165) is 22.2 Å². The molecule has 144 valence electrons. The van der Waals surface area contributed by atoms with E-state index in [-0.39, 0.29) is 11.6 Å². The fourth-order valence-corrected chi connectivity index (χ4v) is 4.18. The molecule has 0 bridgehead atoms. The van der Waals surface area contributed by atoms with Crippen LogP contribution in [-0.4, -0.2) is 26.5 Å². The fraction of sp³-hybridized carbons (Fsp3) is 0.190. The maximum absolute atomic E-state index is 14.4. The van der Waals surface area contributed by atoms with Gasteiger partial charge in [-0.25, -0.2) is 8.78 Å². The number of hydrogen-bond acceptors (Lipinski definition) is 5. The van der Waals surface area contributed by atoms with Crippen LogP contribution >= 0.6 is 11.3 Å². The van der Waals surface area contributed by atoms with E-state index in [0.29, 0.717) is 18.0 Å². The van der Waals surface area contributed by atoms with Crippen LogP contribution in [0.25, 0.3) is 0 Å². The van der Waals surface area contributed by atoms with Crippen LogP contribution in [0.15, 0.2) is 59.0 Å². The summed E-state index contributed by atoms with van der Waals surface area (Å²) in [7, 11) is 3.18. The lowest BCUT2D eigenvalue weighted by molar-refractivity contribution is 0.351. The van der Waals surface area contributed by atoms with Crippen LogP contribution < -0.4 is 14.5 Å². The van der Waals surface area contributed by atoms with Gasteiger partial charge < -0.3 is 9.47 Å². The van der Waals surface area contributed by atoms with Crippen molar-refractivity contribution in [2.24, 2.45) is 5.10 Å². The molecule has 0 fully saturated rings. The summed E-state index contributed by atoms with van der Waals surface area (Å²) in [4.78, 5) is 0.986. The number of rotatable bonds is 5. The standard InChI is InChI=1S/C21H18F2N2O2S/c1-26-18-6-3-5-14(21(18)27-2)15-12-25(17-9-8-13(22)11-16(17)23)24-20(15)19-7-4-10-28-19/h3-11,15H,12H2,1-2H3/t15-/m1/s1. The predicted octanol–water partition coefficient (Wildman–Crippen LogP) is 5.05. The zero-order chi connectivity index (χ0) is 19.7. The lowest BCUT2D eigenvalue weighted by atomic mass is 9.92. The number of thiophene rings is 1. The number of hydrogen-bond donors (Lipinski definition) is 0. The highest BCUT2D eigenvalue weighted by molar-refractivity contribution is 7.12. The second-order valence-electron chi connectivity index (χ2n) is 6.28. The Morgan fingerprint density at radius 3 is 2.61 bits per heavy atom. The molecule has 1 atom stereocenters. The summed E-state index contributed by atoms with van der Waals surface area (Å²) in [6, 6.07) is 13.1. The SMILES string of the molecule is COc1cccc([C@H]2CN(c3ccc(F)cc3F)N=C2c2cccs2)c1OC. The second kappa shape index (κ2) is 7.59. The molecule has 7 heteroatoms. The summed E-state index contributed by atoms with van der Waals surface area (Å²) in [6.07, 6.45) is 0. The van der Waals surface area contributed by atoms with Crippen molar-refractivity contribution in [1.82, 2.24) is 0 Å². The molecule has 1 aromatic heterocycles. The van der Waals surface area contributed by atoms with Gasteiger partial charge in [-0.15, -0.1) is 11.3 Å². The Labute approximate surface area is 165 Å². The van der Waals surface area contributed by atoms with Crippen molar-refractivity contribution in [2.75, 3.05) is 25.8 Å². The van der Waals surface area contributed by atoms with Crippen molar-refractivity contribution in [1.29, 1.82) is 0 Å². The lowest BCUT2D eigenvalue weighted by Gasteiger charge is -2.20. The zero-order valence-electron chi connectivity index (χ0n) is 15.4. The number of benzene rings is 2. The second-order valence-corrected chi connectivity index (χ2v) is 7.22. The Morgan fingerprint density at radius 2 is 1.93 bits per heavy atom. The summed E-state index contributed by atoms with van der Waals surface area (Å²) in [5.74, 6) is -0.174. The van der Waals surface area contributed by atoms with Crippen LogP contribution in [-0.2, 0) is 0 Å². The molecule has 0 spiro atoms. The molecule has 0 N–H and O–H groups in total. The van der Waals surface area contributed by atoms with Crippen LogP contribution in [0.3, 0.4) is 0 Å². The Morgan fingerprint density at radius 1 is 1.07 bits per heavy atom. The van der Waals surface area contributed by atoms with E-state index < -0.39 is 11.6 Å². The van der Waals surface area contributed by atoms with E-state index in [1.807, 2.05) is 35.7 Å². The third-order valence-corrected chi connectivity index (χ3v) is 5.58. The lowest BCUT2D eigenvalue weighted by Crippen LogP contribution is -2.19. The van der Waals surface area contributed by atoms with Gasteiger partial charge >= 0.3 is 0 Å². The molecule has 1 aliphatic heterocycles. The molecule has 28 heavy (non-hydrogen) atoms. The molecule has 0 unspecified atom stereocenters. The number of ether oxygens (including phenoxy) is 2. The summed E-state index contributed by atoms with van der Waals surface area (Å²) in [6.45, 7) is 0.402. The quantitative estimate of drug-likeness (QED) is 0.601. The summed E-state index contributed by atoms with van der Waals surface area (Å²) in [5.41, 5.74) is 1.95. The van der Waals surface area contributed by atoms with Gasteiger partial charge in [0.25, 0.3) is 0 Å². The number of anilines is 1. The van der Waals surface area contributed by atoms with Gasteiger partial charge in [0.05, 0.1) is 43.0 Å². The topological polar surface area (TPSA) is 34.1 Å². The third kappa shape index (κ3) is 3.22. The molecular weight excluding hydrogens is 382 g/mol. The number of para-hydroxylation sites is 1. The monoisotopic (exact) mass is 400 g/mol. The van der Waals surface area contributed by atoms with Crippen molar-refractivity contribution in [3.05, 3.63) is 76.0 Å². The van der Waals surface area contributed by atoms with E-state index in [1.54, 1.807) is 30.6 Å². The first-order chi connectivity index (χ1) is 13.6. The van der Waals surface area contributed by atoms with E-state index in [4.69, 9.17) is 9.47 Å². The minimum Gasteiger partial charge on any atom is -0.493 e. The van der Waals surface area contributed by atoms with Crippen molar-refractivity contribution >= 4 is 22.7 Å². The van der Waals surface area contributed by atoms with E-state index >= 15 is 0 Å². The minimum absolute atomic E-state index is 0.159. The highest BCUT2D eigenvalue weighted by atomic mass is 32.1. The number of halogens is 2. The fourth-order valence-electron chi connectivity index (χ4n) is 3.42. The van der Waals surface area contributed by atoms with Crippen molar-refractivity contribution < 1.29 is 18.3 Å². The molecule has 0 radical (unpaired) electrons. The van der Waals surface area contributed by atoms with Crippen molar-refractivity contribution in [3.8, 4) is 11.5 Å². The highest BCUT2D eigenvalue weighted by Crippen LogP contribution is 2.41. The van der Waals surface area contributed by atoms with E-state index in [9.17, 15) is 8.78 Å². The Balaban J connectivity index is 1.81. The van der Waals surface area contributed by atoms with Crippen LogP contribution in [0.1, 0.15) is 16.4 Å². The van der Waals surface area contributed by atoms with Crippen LogP contribution in [0, 0.1) is 11.6 Å².